The summed E-state index contributed by atoms with van der Waals surface area (Å²) in [7, 11) is 0. The van der Waals surface area contributed by atoms with Gasteiger partial charge in [-0.3, -0.25) is 4.79 Å². The first-order chi connectivity index (χ1) is 6.93. The molecular weight excluding hydrogens is 202 g/mol. The Morgan fingerprint density at radius 3 is 2.33 bits per heavy atom. The number of carboxylic acids is 1. The number of phenolic OH excluding ortho intramolecular Hbond substituents is 1. The van der Waals surface area contributed by atoms with E-state index in [1.165, 1.54) is 6.92 Å². The van der Waals surface area contributed by atoms with Crippen LogP contribution in [0.1, 0.15) is 17.3 Å². The van der Waals surface area contributed by atoms with E-state index in [0.717, 1.165) is 12.1 Å². The second kappa shape index (κ2) is 3.87. The second-order valence-electron chi connectivity index (χ2n) is 2.84. The van der Waals surface area contributed by atoms with Gasteiger partial charge in [0.2, 0.25) is 5.91 Å². The minimum absolute atomic E-state index is 0.303. The highest BCUT2D eigenvalue weighted by atomic mass is 16.4. The molecule has 0 aliphatic heterocycles. The molecule has 1 rings (SSSR count). The monoisotopic (exact) mass is 211 g/mol. The van der Waals surface area contributed by atoms with Gasteiger partial charge < -0.3 is 20.6 Å². The van der Waals surface area contributed by atoms with E-state index in [1.54, 1.807) is 0 Å². The average molecular weight is 211 g/mol. The first kappa shape index (κ1) is 10.8. The molecule has 0 aliphatic carbocycles. The van der Waals surface area contributed by atoms with Crippen LogP contribution in [0.2, 0.25) is 0 Å². The molecule has 1 amide bonds. The number of anilines is 1. The fraction of sp³-hybridized carbons (Fsp3) is 0.111. The van der Waals surface area contributed by atoms with E-state index in [4.69, 9.17) is 5.11 Å². The molecule has 0 atom stereocenters. The van der Waals surface area contributed by atoms with Crippen LogP contribution in [0.25, 0.3) is 0 Å². The Labute approximate surface area is 84.8 Å². The molecule has 4 N–H and O–H groups in total. The number of aromatic hydroxyl groups is 2. The maximum atomic E-state index is 10.7. The zero-order valence-corrected chi connectivity index (χ0v) is 7.81. The quantitative estimate of drug-likeness (QED) is 0.540. The van der Waals surface area contributed by atoms with Crippen molar-refractivity contribution in [1.29, 1.82) is 0 Å². The van der Waals surface area contributed by atoms with Gasteiger partial charge in [-0.25, -0.2) is 4.79 Å². The number of benzene rings is 1. The van der Waals surface area contributed by atoms with Crippen LogP contribution in [0.3, 0.4) is 0 Å². The number of nitrogens with one attached hydrogen (secondary N) is 1. The third-order valence-electron chi connectivity index (χ3n) is 1.69. The Hall–Kier alpha value is -2.24. The number of aromatic carboxylic acids is 1. The summed E-state index contributed by atoms with van der Waals surface area (Å²) in [5.41, 5.74) is -0.695. The van der Waals surface area contributed by atoms with E-state index in [2.05, 4.69) is 5.32 Å². The van der Waals surface area contributed by atoms with Crippen LogP contribution >= 0.6 is 0 Å². The molecule has 6 nitrogen and oxygen atoms in total. The number of phenols is 2. The normalized spacial score (nSPS) is 9.67. The van der Waals surface area contributed by atoms with Gasteiger partial charge >= 0.3 is 5.97 Å². The smallest absolute Gasteiger partial charge is 0.339 e. The summed E-state index contributed by atoms with van der Waals surface area (Å²) in [5, 5.41) is 29.5. The van der Waals surface area contributed by atoms with Crippen molar-refractivity contribution in [3.63, 3.8) is 0 Å². The van der Waals surface area contributed by atoms with Gasteiger partial charge in [-0.2, -0.15) is 0 Å². The summed E-state index contributed by atoms with van der Waals surface area (Å²) in [5.74, 6) is -2.94. The lowest BCUT2D eigenvalue weighted by atomic mass is 10.1. The van der Waals surface area contributed by atoms with E-state index in [1.807, 2.05) is 0 Å². The molecule has 0 unspecified atom stereocenters. The Balaban J connectivity index is 3.29. The molecule has 0 saturated heterocycles. The van der Waals surface area contributed by atoms with Crippen LogP contribution in [-0.4, -0.2) is 27.2 Å². The molecule has 0 aliphatic rings. The molecule has 0 radical (unpaired) electrons. The Morgan fingerprint density at radius 1 is 1.27 bits per heavy atom. The third kappa shape index (κ3) is 2.16. The predicted octanol–water partition coefficient (Wildman–Crippen LogP) is 0.754. The van der Waals surface area contributed by atoms with Gasteiger partial charge in [0.1, 0.15) is 17.0 Å². The molecule has 0 spiro atoms. The molecule has 0 fully saturated rings. The van der Waals surface area contributed by atoms with Crippen LogP contribution in [0.4, 0.5) is 5.69 Å². The fourth-order valence-corrected chi connectivity index (χ4v) is 1.05. The summed E-state index contributed by atoms with van der Waals surface area (Å²) in [6.45, 7) is 1.17. The number of carbonyl (C=O) groups excluding carboxylic acids is 1. The largest absolute Gasteiger partial charge is 0.506 e. The Morgan fingerprint density at radius 2 is 1.87 bits per heavy atom. The molecule has 15 heavy (non-hydrogen) atoms. The van der Waals surface area contributed by atoms with Gasteiger partial charge in [0.25, 0.3) is 0 Å². The summed E-state index contributed by atoms with van der Waals surface area (Å²) >= 11 is 0. The van der Waals surface area contributed by atoms with Crippen molar-refractivity contribution in [2.75, 3.05) is 5.32 Å². The fourth-order valence-electron chi connectivity index (χ4n) is 1.05. The van der Waals surface area contributed by atoms with Gasteiger partial charge in [0.05, 0.1) is 0 Å². The van der Waals surface area contributed by atoms with E-state index in [0.29, 0.717) is 0 Å². The number of rotatable bonds is 2. The number of amides is 1. The van der Waals surface area contributed by atoms with E-state index in [9.17, 15) is 19.8 Å². The lowest BCUT2D eigenvalue weighted by molar-refractivity contribution is -0.114. The molecular formula is C9H9NO5. The first-order valence-electron chi connectivity index (χ1n) is 3.99. The molecule has 0 heterocycles. The SMILES string of the molecule is CC(=O)Nc1c(O)ccc(C(=O)O)c1O. The molecule has 1 aromatic carbocycles. The second-order valence-corrected chi connectivity index (χ2v) is 2.84. The van der Waals surface area contributed by atoms with Crippen molar-refractivity contribution < 1.29 is 24.9 Å². The van der Waals surface area contributed by atoms with E-state index < -0.39 is 28.9 Å². The summed E-state index contributed by atoms with van der Waals surface area (Å²) in [6, 6.07) is 2.12. The average Bonchev–Trinajstić information content (AvgIpc) is 2.11. The molecule has 1 aromatic rings. The maximum Gasteiger partial charge on any atom is 0.339 e. The molecule has 6 heteroatoms. The Kier molecular flexibility index (Phi) is 2.80. The molecule has 0 aromatic heterocycles. The van der Waals surface area contributed by atoms with Gasteiger partial charge in [0.15, 0.2) is 5.75 Å². The van der Waals surface area contributed by atoms with Crippen molar-refractivity contribution in [1.82, 2.24) is 0 Å². The maximum absolute atomic E-state index is 10.7. The molecule has 0 saturated carbocycles. The summed E-state index contributed by atoms with van der Waals surface area (Å²) in [4.78, 5) is 21.3. The number of carboxylic acid groups (broad SMARTS) is 1. The van der Waals surface area contributed by atoms with Crippen LogP contribution in [0.15, 0.2) is 12.1 Å². The van der Waals surface area contributed by atoms with Crippen LogP contribution in [0, 0.1) is 0 Å². The van der Waals surface area contributed by atoms with Gasteiger partial charge in [-0.05, 0) is 12.1 Å². The van der Waals surface area contributed by atoms with Crippen LogP contribution in [-0.2, 0) is 4.79 Å². The van der Waals surface area contributed by atoms with Crippen molar-refractivity contribution in [3.8, 4) is 11.5 Å². The highest BCUT2D eigenvalue weighted by Gasteiger charge is 2.17. The van der Waals surface area contributed by atoms with Crippen LogP contribution in [0.5, 0.6) is 11.5 Å². The van der Waals surface area contributed by atoms with Crippen molar-refractivity contribution in [2.45, 2.75) is 6.92 Å². The zero-order valence-electron chi connectivity index (χ0n) is 7.81. The predicted molar refractivity (Wildman–Crippen MR) is 51.0 cm³/mol. The number of carbonyl (C=O) groups is 2. The minimum atomic E-state index is -1.35. The van der Waals surface area contributed by atoms with Crippen LogP contribution < -0.4 is 5.32 Å². The van der Waals surface area contributed by atoms with Crippen molar-refractivity contribution in [3.05, 3.63) is 17.7 Å². The summed E-state index contributed by atoms with van der Waals surface area (Å²) < 4.78 is 0. The minimum Gasteiger partial charge on any atom is -0.506 e. The van der Waals surface area contributed by atoms with E-state index in [-0.39, 0.29) is 5.69 Å². The zero-order chi connectivity index (χ0) is 11.6. The standard InChI is InChI=1S/C9H9NO5/c1-4(11)10-7-6(12)3-2-5(8(7)13)9(14)15/h2-3,12-13H,1H3,(H,10,11)(H,14,15). The van der Waals surface area contributed by atoms with Gasteiger partial charge in [0, 0.05) is 6.92 Å². The van der Waals surface area contributed by atoms with Gasteiger partial charge in [-0.15, -0.1) is 0 Å². The lowest BCUT2D eigenvalue weighted by Gasteiger charge is -2.09. The highest BCUT2D eigenvalue weighted by Crippen LogP contribution is 2.35. The number of hydrogen-bond donors (Lipinski definition) is 4. The molecule has 0 bridgehead atoms. The Bertz CT molecular complexity index is 427. The van der Waals surface area contributed by atoms with Crippen molar-refractivity contribution >= 4 is 17.6 Å². The topological polar surface area (TPSA) is 107 Å². The molecule has 80 valence electrons. The highest BCUT2D eigenvalue weighted by molar-refractivity contribution is 5.98. The third-order valence-corrected chi connectivity index (χ3v) is 1.69. The van der Waals surface area contributed by atoms with E-state index >= 15 is 0 Å². The van der Waals surface area contributed by atoms with Crippen molar-refractivity contribution in [2.24, 2.45) is 0 Å². The summed E-state index contributed by atoms with van der Waals surface area (Å²) in [6.07, 6.45) is 0. The lowest BCUT2D eigenvalue weighted by Crippen LogP contribution is -2.08. The number of hydrogen-bond acceptors (Lipinski definition) is 4. The van der Waals surface area contributed by atoms with Gasteiger partial charge in [-0.1, -0.05) is 0 Å². The first-order valence-corrected chi connectivity index (χ1v) is 3.99.